The highest BCUT2D eigenvalue weighted by Gasteiger charge is 2.30. The van der Waals surface area contributed by atoms with E-state index in [-0.39, 0.29) is 35.0 Å². The molecule has 0 bridgehead atoms. The summed E-state index contributed by atoms with van der Waals surface area (Å²) < 4.78 is 76.5. The fraction of sp³-hybridized carbons (Fsp3) is 0.441. The van der Waals surface area contributed by atoms with Crippen LogP contribution in [0.1, 0.15) is 45.5 Å². The number of benzene rings is 2. The molecule has 2 fully saturated rings. The summed E-state index contributed by atoms with van der Waals surface area (Å²) in [6, 6.07) is 13.4. The Labute approximate surface area is 297 Å². The molecule has 2 unspecified atom stereocenters. The summed E-state index contributed by atoms with van der Waals surface area (Å²) in [6.45, 7) is -1.51. The molecule has 0 amide bonds. The lowest BCUT2D eigenvalue weighted by Gasteiger charge is -2.33. The van der Waals surface area contributed by atoms with Gasteiger partial charge >= 0.3 is 6.61 Å². The Kier molecular flexibility index (Phi) is 9.46. The van der Waals surface area contributed by atoms with Crippen LogP contribution in [0.25, 0.3) is 10.9 Å². The second-order valence-corrected chi connectivity index (χ2v) is 15.0. The van der Waals surface area contributed by atoms with E-state index in [2.05, 4.69) is 48.4 Å². The molecule has 2 aromatic heterocycles. The van der Waals surface area contributed by atoms with Crippen molar-refractivity contribution in [3.05, 3.63) is 77.1 Å². The van der Waals surface area contributed by atoms with E-state index in [4.69, 9.17) is 19.4 Å². The van der Waals surface area contributed by atoms with Crippen LogP contribution in [0.2, 0.25) is 5.02 Å². The molecule has 5 heterocycles. The first-order chi connectivity index (χ1) is 24.9. The number of anilines is 2. The topological polar surface area (TPSA) is 121 Å². The molecule has 16 heteroatoms. The molecule has 4 aromatic rings. The molecule has 2 aromatic carbocycles. The van der Waals surface area contributed by atoms with Crippen molar-refractivity contribution in [2.24, 2.45) is 7.05 Å². The van der Waals surface area contributed by atoms with Crippen molar-refractivity contribution in [2.45, 2.75) is 55.7 Å². The van der Waals surface area contributed by atoms with Gasteiger partial charge in [-0.25, -0.2) is 13.4 Å². The minimum absolute atomic E-state index is 0.0818. The minimum Gasteiger partial charge on any atom is -0.415 e. The lowest BCUT2D eigenvalue weighted by Crippen LogP contribution is -2.42. The van der Waals surface area contributed by atoms with Gasteiger partial charge in [0.15, 0.2) is 5.82 Å². The summed E-state index contributed by atoms with van der Waals surface area (Å²) in [4.78, 5) is 12.3. The minimum atomic E-state index is -3.73. The molecular weight excluding hydrogens is 688 g/mol. The zero-order valence-electron chi connectivity index (χ0n) is 29.4. The third kappa shape index (κ3) is 7.56. The first kappa shape index (κ1) is 32.0. The van der Waals surface area contributed by atoms with Crippen molar-refractivity contribution >= 4 is 44.3 Å². The van der Waals surface area contributed by atoms with Crippen molar-refractivity contribution in [1.29, 1.82) is 0 Å². The molecule has 0 spiro atoms. The van der Waals surface area contributed by atoms with Gasteiger partial charge in [0.05, 0.1) is 24.6 Å². The number of likely N-dealkylation sites (tertiary alicyclic amines) is 1. The van der Waals surface area contributed by atoms with Crippen LogP contribution in [0, 0.1) is 0 Å². The van der Waals surface area contributed by atoms with Gasteiger partial charge in [-0.2, -0.15) is 23.2 Å². The number of nitrogens with one attached hydrogen (secondary N) is 2. The Morgan fingerprint density at radius 2 is 1.92 bits per heavy atom. The van der Waals surface area contributed by atoms with E-state index >= 15 is 0 Å². The molecule has 2 N–H and O–H groups in total. The highest BCUT2D eigenvalue weighted by molar-refractivity contribution is 7.89. The number of fused-ring (bicyclic) bond motifs is 1. The van der Waals surface area contributed by atoms with Crippen molar-refractivity contribution in [3.63, 3.8) is 0 Å². The summed E-state index contributed by atoms with van der Waals surface area (Å²) in [5.41, 5.74) is 3.18. The zero-order chi connectivity index (χ0) is 36.6. The van der Waals surface area contributed by atoms with Crippen LogP contribution >= 0.6 is 11.6 Å². The van der Waals surface area contributed by atoms with E-state index < -0.39 is 35.7 Å². The third-order valence-corrected chi connectivity index (χ3v) is 11.6. The second-order valence-electron chi connectivity index (χ2n) is 12.7. The fourth-order valence-electron chi connectivity index (χ4n) is 6.84. The molecule has 50 heavy (non-hydrogen) atoms. The number of piperidine rings is 2. The van der Waals surface area contributed by atoms with Crippen molar-refractivity contribution in [1.82, 2.24) is 34.3 Å². The molecule has 0 aliphatic carbocycles. The highest BCUT2D eigenvalue weighted by Crippen LogP contribution is 2.34. The van der Waals surface area contributed by atoms with E-state index in [9.17, 15) is 17.2 Å². The van der Waals surface area contributed by atoms with Gasteiger partial charge in [-0.15, -0.1) is 0 Å². The van der Waals surface area contributed by atoms with Gasteiger partial charge < -0.3 is 15.0 Å². The van der Waals surface area contributed by atoms with Crippen LogP contribution in [0.5, 0.6) is 5.88 Å². The first-order valence-corrected chi connectivity index (χ1v) is 18.4. The standard InChI is InChI=1S/C34H40ClF2N9O3S/c1-43-30-19-25(6-7-28(30)31(42-43)45-13-3-12-38-22-45)24-8-14-44(15-9-24)21-23-4-2-5-27(18-23)50(47,48)46-16-10-26(11-17-46)40-34-39-20-29(35)32(41-34)49-33(36)37/h2-7,13,18-20,24,26,33,38H,8-12,14-17,21-22H2,1H3,(H,39,40,41)/i12D,22D. The molecule has 7 rings (SSSR count). The predicted molar refractivity (Wildman–Crippen MR) is 188 cm³/mol. The van der Waals surface area contributed by atoms with Crippen LogP contribution < -0.4 is 20.3 Å². The van der Waals surface area contributed by atoms with Crippen molar-refractivity contribution in [3.8, 4) is 5.88 Å². The number of alkyl halides is 2. The molecule has 0 radical (unpaired) electrons. The van der Waals surface area contributed by atoms with Gasteiger partial charge in [0.25, 0.3) is 0 Å². The largest absolute Gasteiger partial charge is 0.415 e. The number of sulfonamides is 1. The average molecular weight is 730 g/mol. The molecule has 0 saturated carbocycles. The molecular formula is C34H40ClF2N9O3S. The molecule has 266 valence electrons. The van der Waals surface area contributed by atoms with Gasteiger partial charge in [0, 0.05) is 52.2 Å². The Morgan fingerprint density at radius 1 is 1.12 bits per heavy atom. The fourth-order valence-corrected chi connectivity index (χ4v) is 8.51. The van der Waals surface area contributed by atoms with Gasteiger partial charge in [0.1, 0.15) is 5.02 Å². The second kappa shape index (κ2) is 14.8. The number of aromatic nitrogens is 4. The number of hydrogen-bond acceptors (Lipinski definition) is 10. The summed E-state index contributed by atoms with van der Waals surface area (Å²) in [5.74, 6) is 0.726. The monoisotopic (exact) mass is 729 g/mol. The van der Waals surface area contributed by atoms with Crippen molar-refractivity contribution in [2.75, 3.05) is 49.6 Å². The summed E-state index contributed by atoms with van der Waals surface area (Å²) in [6.07, 6.45) is 7.52. The number of rotatable bonds is 10. The van der Waals surface area contributed by atoms with E-state index in [1.165, 1.54) is 16.1 Å². The first-order valence-electron chi connectivity index (χ1n) is 17.7. The Balaban J connectivity index is 0.934. The number of ether oxygens (including phenoxy) is 1. The maximum Gasteiger partial charge on any atom is 0.388 e. The van der Waals surface area contributed by atoms with E-state index in [1.54, 1.807) is 35.4 Å². The Bertz CT molecular complexity index is 2040. The zero-order valence-corrected chi connectivity index (χ0v) is 29.0. The average Bonchev–Trinajstić information content (AvgIpc) is 3.45. The molecule has 2 saturated heterocycles. The summed E-state index contributed by atoms with van der Waals surface area (Å²) in [5, 5.41) is 11.5. The predicted octanol–water partition coefficient (Wildman–Crippen LogP) is 5.14. The van der Waals surface area contributed by atoms with Crippen LogP contribution in [0.3, 0.4) is 0 Å². The van der Waals surface area contributed by atoms with Crippen LogP contribution in [-0.2, 0) is 23.6 Å². The van der Waals surface area contributed by atoms with Crippen LogP contribution in [0.4, 0.5) is 20.5 Å². The van der Waals surface area contributed by atoms with E-state index in [0.29, 0.717) is 31.1 Å². The molecule has 12 nitrogen and oxygen atoms in total. The number of halogens is 3. The SMILES string of the molecule is [2H]C1C=CN(c2nn(C)c3cc(C4CCN(Cc5cccc(S(=O)(=O)N6CCC(Nc7ncc(Cl)c(OC(F)F)n7)CC6)c5)CC4)ccc23)C([2H])N1. The Morgan fingerprint density at radius 3 is 2.68 bits per heavy atom. The maximum absolute atomic E-state index is 13.7. The lowest BCUT2D eigenvalue weighted by molar-refractivity contribution is -0.0527. The highest BCUT2D eigenvalue weighted by atomic mass is 35.5. The molecule has 3 aliphatic heterocycles. The Hall–Kier alpha value is -3.89. The number of hydrogen-bond donors (Lipinski definition) is 2. The third-order valence-electron chi connectivity index (χ3n) is 9.45. The molecule has 3 aliphatic rings. The number of aryl methyl sites for hydroxylation is 1. The van der Waals surface area contributed by atoms with E-state index in [0.717, 1.165) is 42.4 Å². The normalized spacial score (nSPS) is 22.2. The van der Waals surface area contributed by atoms with Gasteiger partial charge in [-0.1, -0.05) is 35.9 Å². The number of nitrogens with zero attached hydrogens (tertiary/aromatic N) is 7. The van der Waals surface area contributed by atoms with Gasteiger partial charge in [-0.05, 0) is 80.1 Å². The summed E-state index contributed by atoms with van der Waals surface area (Å²) in [7, 11) is -1.82. The van der Waals surface area contributed by atoms with E-state index in [1.807, 2.05) is 17.8 Å². The quantitative estimate of drug-likeness (QED) is 0.227. The summed E-state index contributed by atoms with van der Waals surface area (Å²) >= 11 is 5.85. The van der Waals surface area contributed by atoms with Gasteiger partial charge in [0.2, 0.25) is 21.9 Å². The lowest BCUT2D eigenvalue weighted by atomic mass is 9.89. The molecule has 2 atom stereocenters. The smallest absolute Gasteiger partial charge is 0.388 e. The van der Waals surface area contributed by atoms with Gasteiger partial charge in [-0.3, -0.25) is 14.9 Å². The van der Waals surface area contributed by atoms with Crippen LogP contribution in [-0.4, -0.2) is 89.4 Å². The van der Waals surface area contributed by atoms with Crippen LogP contribution in [0.15, 0.2) is 65.8 Å². The van der Waals surface area contributed by atoms with Crippen molar-refractivity contribution < 1.29 is 24.7 Å². The maximum atomic E-state index is 13.7.